The summed E-state index contributed by atoms with van der Waals surface area (Å²) in [5.74, 6) is 0.981. The third kappa shape index (κ3) is 15.2. The van der Waals surface area contributed by atoms with Gasteiger partial charge in [0.2, 0.25) is 0 Å². The summed E-state index contributed by atoms with van der Waals surface area (Å²) in [4.78, 5) is 2.56. The van der Waals surface area contributed by atoms with E-state index in [1.165, 1.54) is 64.5 Å². The molecule has 1 aliphatic carbocycles. The molecule has 0 aromatic carbocycles. The predicted molar refractivity (Wildman–Crippen MR) is 108 cm³/mol. The van der Waals surface area contributed by atoms with E-state index in [1.54, 1.807) is 0 Å². The molecular formula is C21H48N2. The van der Waals surface area contributed by atoms with E-state index < -0.39 is 0 Å². The van der Waals surface area contributed by atoms with E-state index in [0.29, 0.717) is 0 Å². The molecule has 1 heterocycles. The van der Waals surface area contributed by atoms with Crippen LogP contribution in [0.5, 0.6) is 0 Å². The van der Waals surface area contributed by atoms with Gasteiger partial charge in [0.1, 0.15) is 0 Å². The molecule has 23 heavy (non-hydrogen) atoms. The standard InChI is InChI=1S/2C8H17N.C3H8.C2H6/c1-7-3-5-8(9-2)6-4-7;1-8(2)9-6-4-3-5-7-9;1-3-2;1-2/h7-9H,3-6H2,1-2H3;8H,3-7H2,1-2H3;3H2,1-2H3;1-2H3. The summed E-state index contributed by atoms with van der Waals surface area (Å²) in [6.07, 6.45) is 11.1. The highest BCUT2D eigenvalue weighted by Gasteiger charge is 2.15. The maximum absolute atomic E-state index is 3.32. The maximum atomic E-state index is 3.32. The van der Waals surface area contributed by atoms with E-state index in [9.17, 15) is 0 Å². The van der Waals surface area contributed by atoms with Crippen molar-refractivity contribution in [1.82, 2.24) is 10.2 Å². The van der Waals surface area contributed by atoms with Gasteiger partial charge in [-0.2, -0.15) is 0 Å². The lowest BCUT2D eigenvalue weighted by atomic mass is 9.87. The number of hydrogen-bond donors (Lipinski definition) is 1. The van der Waals surface area contributed by atoms with Crippen LogP contribution in [0.3, 0.4) is 0 Å². The molecule has 0 aromatic rings. The molecule has 0 bridgehead atoms. The van der Waals surface area contributed by atoms with Gasteiger partial charge in [-0.3, -0.25) is 0 Å². The second-order valence-electron chi connectivity index (χ2n) is 7.14. The third-order valence-corrected chi connectivity index (χ3v) is 4.55. The first-order valence-electron chi connectivity index (χ1n) is 10.5. The number of hydrogen-bond acceptors (Lipinski definition) is 2. The molecule has 2 nitrogen and oxygen atoms in total. The molecule has 2 rings (SSSR count). The molecule has 0 radical (unpaired) electrons. The molecule has 1 N–H and O–H groups in total. The minimum atomic E-state index is 0.769. The Morgan fingerprint density at radius 2 is 1.35 bits per heavy atom. The summed E-state index contributed by atoms with van der Waals surface area (Å²) < 4.78 is 0. The average Bonchev–Trinajstić information content (AvgIpc) is 2.59. The van der Waals surface area contributed by atoms with E-state index >= 15 is 0 Å². The van der Waals surface area contributed by atoms with E-state index in [4.69, 9.17) is 0 Å². The summed E-state index contributed by atoms with van der Waals surface area (Å²) in [5.41, 5.74) is 0. The molecule has 1 saturated carbocycles. The zero-order valence-electron chi connectivity index (χ0n) is 17.8. The second-order valence-corrected chi connectivity index (χ2v) is 7.14. The van der Waals surface area contributed by atoms with E-state index in [-0.39, 0.29) is 0 Å². The molecule has 2 aliphatic rings. The van der Waals surface area contributed by atoms with E-state index in [2.05, 4.69) is 51.9 Å². The van der Waals surface area contributed by atoms with Gasteiger partial charge >= 0.3 is 0 Å². The lowest BCUT2D eigenvalue weighted by molar-refractivity contribution is 0.185. The highest BCUT2D eigenvalue weighted by atomic mass is 15.1. The van der Waals surface area contributed by atoms with Crippen molar-refractivity contribution < 1.29 is 0 Å². The minimum absolute atomic E-state index is 0.769. The summed E-state index contributed by atoms with van der Waals surface area (Å²) >= 11 is 0. The Balaban J connectivity index is 0. The quantitative estimate of drug-likeness (QED) is 0.658. The zero-order chi connectivity index (χ0) is 18.1. The van der Waals surface area contributed by atoms with Crippen molar-refractivity contribution in [2.45, 2.75) is 112 Å². The van der Waals surface area contributed by atoms with Crippen molar-refractivity contribution in [2.24, 2.45) is 5.92 Å². The molecule has 2 fully saturated rings. The molecule has 2 heteroatoms. The minimum Gasteiger partial charge on any atom is -0.317 e. The Kier molecular flexibility index (Phi) is 20.0. The normalized spacial score (nSPS) is 24.4. The van der Waals surface area contributed by atoms with Crippen molar-refractivity contribution in [2.75, 3.05) is 20.1 Å². The Morgan fingerprint density at radius 1 is 0.913 bits per heavy atom. The fourth-order valence-corrected chi connectivity index (χ4v) is 2.98. The molecule has 0 atom stereocenters. The van der Waals surface area contributed by atoms with Crippen LogP contribution in [0, 0.1) is 5.92 Å². The average molecular weight is 329 g/mol. The second kappa shape index (κ2) is 18.3. The van der Waals surface area contributed by atoms with Gasteiger partial charge in [0.15, 0.2) is 0 Å². The van der Waals surface area contributed by atoms with Crippen molar-refractivity contribution in [3.63, 3.8) is 0 Å². The third-order valence-electron chi connectivity index (χ3n) is 4.55. The van der Waals surface area contributed by atoms with Crippen LogP contribution in [0.15, 0.2) is 0 Å². The highest BCUT2D eigenvalue weighted by Crippen LogP contribution is 2.22. The molecule has 1 saturated heterocycles. The lowest BCUT2D eigenvalue weighted by Gasteiger charge is -2.29. The zero-order valence-corrected chi connectivity index (χ0v) is 17.8. The Labute approximate surface area is 148 Å². The van der Waals surface area contributed by atoms with Crippen molar-refractivity contribution in [3.8, 4) is 0 Å². The van der Waals surface area contributed by atoms with Crippen LogP contribution >= 0.6 is 0 Å². The van der Waals surface area contributed by atoms with Gasteiger partial charge in [-0.25, -0.2) is 0 Å². The molecule has 1 aliphatic heterocycles. The Hall–Kier alpha value is -0.0800. The predicted octanol–water partition coefficient (Wildman–Crippen LogP) is 6.11. The van der Waals surface area contributed by atoms with Crippen molar-refractivity contribution in [3.05, 3.63) is 0 Å². The van der Waals surface area contributed by atoms with Crippen molar-refractivity contribution >= 4 is 0 Å². The van der Waals surface area contributed by atoms with Crippen LogP contribution in [0.2, 0.25) is 0 Å². The first-order valence-corrected chi connectivity index (χ1v) is 10.5. The van der Waals surface area contributed by atoms with Gasteiger partial charge in [0.05, 0.1) is 0 Å². The van der Waals surface area contributed by atoms with Crippen LogP contribution < -0.4 is 5.32 Å². The Morgan fingerprint density at radius 3 is 1.65 bits per heavy atom. The highest BCUT2D eigenvalue weighted by molar-refractivity contribution is 4.73. The van der Waals surface area contributed by atoms with E-state index in [0.717, 1.165) is 18.0 Å². The summed E-state index contributed by atoms with van der Waals surface area (Å²) in [7, 11) is 2.07. The van der Waals surface area contributed by atoms with Gasteiger partial charge in [0.25, 0.3) is 0 Å². The van der Waals surface area contributed by atoms with Crippen LogP contribution in [-0.4, -0.2) is 37.1 Å². The molecule has 0 spiro atoms. The monoisotopic (exact) mass is 328 g/mol. The summed E-state index contributed by atoms with van der Waals surface area (Å²) in [5, 5.41) is 3.32. The van der Waals surface area contributed by atoms with Gasteiger partial charge in [-0.1, -0.05) is 47.5 Å². The molecule has 0 amide bonds. The van der Waals surface area contributed by atoms with E-state index in [1.807, 2.05) is 13.8 Å². The van der Waals surface area contributed by atoms with Gasteiger partial charge in [-0.05, 0) is 78.4 Å². The van der Waals surface area contributed by atoms with Crippen molar-refractivity contribution in [1.29, 1.82) is 0 Å². The van der Waals surface area contributed by atoms with Gasteiger partial charge in [-0.15, -0.1) is 0 Å². The molecule has 0 unspecified atom stereocenters. The SMILES string of the molecule is CC.CC(C)N1CCCCC1.CCC.CNC1CCC(C)CC1. The summed E-state index contributed by atoms with van der Waals surface area (Å²) in [6.45, 7) is 17.8. The number of rotatable bonds is 2. The van der Waals surface area contributed by atoms with Gasteiger partial charge < -0.3 is 10.2 Å². The Bertz CT molecular complexity index is 202. The number of piperidine rings is 1. The molecule has 142 valence electrons. The summed E-state index contributed by atoms with van der Waals surface area (Å²) in [6, 6.07) is 1.59. The largest absolute Gasteiger partial charge is 0.317 e. The fourth-order valence-electron chi connectivity index (χ4n) is 2.98. The number of nitrogens with one attached hydrogen (secondary N) is 1. The number of nitrogens with zero attached hydrogens (tertiary/aromatic N) is 1. The smallest absolute Gasteiger partial charge is 0.00642 e. The maximum Gasteiger partial charge on any atom is 0.00642 e. The van der Waals surface area contributed by atoms with Crippen LogP contribution in [-0.2, 0) is 0 Å². The van der Waals surface area contributed by atoms with Crippen LogP contribution in [0.1, 0.15) is 99.8 Å². The van der Waals surface area contributed by atoms with Gasteiger partial charge in [0, 0.05) is 12.1 Å². The lowest BCUT2D eigenvalue weighted by Crippen LogP contribution is -2.35. The molecular weight excluding hydrogens is 280 g/mol. The first kappa shape index (κ1) is 25.2. The topological polar surface area (TPSA) is 15.3 Å². The number of likely N-dealkylation sites (tertiary alicyclic amines) is 1. The first-order chi connectivity index (χ1) is 11.0. The fraction of sp³-hybridized carbons (Fsp3) is 1.00. The molecule has 0 aromatic heterocycles. The van der Waals surface area contributed by atoms with Crippen LogP contribution in [0.25, 0.3) is 0 Å². The van der Waals surface area contributed by atoms with Crippen LogP contribution in [0.4, 0.5) is 0 Å².